The van der Waals surface area contributed by atoms with E-state index in [0.29, 0.717) is 5.56 Å². The molecule has 112 valence electrons. The molecule has 0 atom stereocenters. The molecule has 0 saturated carbocycles. The molecule has 1 aromatic rings. The SMILES string of the molecule is COC(=O)Cc1cc(C(C)(C)OC)ccc1OC(F)F. The van der Waals surface area contributed by atoms with Crippen molar-refractivity contribution in [2.45, 2.75) is 32.5 Å². The lowest BCUT2D eigenvalue weighted by molar-refractivity contribution is -0.139. The monoisotopic (exact) mass is 288 g/mol. The molecule has 0 aliphatic rings. The third-order valence-corrected chi connectivity index (χ3v) is 3.04. The third-order valence-electron chi connectivity index (χ3n) is 3.04. The summed E-state index contributed by atoms with van der Waals surface area (Å²) in [4.78, 5) is 11.4. The number of rotatable bonds is 6. The van der Waals surface area contributed by atoms with Gasteiger partial charge in [-0.3, -0.25) is 4.79 Å². The maximum Gasteiger partial charge on any atom is 0.387 e. The number of alkyl halides is 2. The minimum Gasteiger partial charge on any atom is -0.469 e. The van der Waals surface area contributed by atoms with Crippen LogP contribution < -0.4 is 4.74 Å². The Hall–Kier alpha value is -1.69. The molecule has 0 aromatic heterocycles. The van der Waals surface area contributed by atoms with Gasteiger partial charge in [0.2, 0.25) is 0 Å². The molecule has 0 spiro atoms. The first-order valence-corrected chi connectivity index (χ1v) is 6.00. The largest absolute Gasteiger partial charge is 0.469 e. The Kier molecular flexibility index (Phi) is 5.44. The van der Waals surface area contributed by atoms with Crippen LogP contribution >= 0.6 is 0 Å². The number of esters is 1. The van der Waals surface area contributed by atoms with Crippen LogP contribution in [0.1, 0.15) is 25.0 Å². The van der Waals surface area contributed by atoms with Crippen LogP contribution in [0.2, 0.25) is 0 Å². The van der Waals surface area contributed by atoms with Crippen molar-refractivity contribution in [2.75, 3.05) is 14.2 Å². The van der Waals surface area contributed by atoms with Gasteiger partial charge in [-0.2, -0.15) is 8.78 Å². The molecule has 20 heavy (non-hydrogen) atoms. The van der Waals surface area contributed by atoms with Gasteiger partial charge < -0.3 is 14.2 Å². The van der Waals surface area contributed by atoms with Crippen LogP contribution in [0, 0.1) is 0 Å². The third kappa shape index (κ3) is 4.16. The van der Waals surface area contributed by atoms with Gasteiger partial charge in [0.05, 0.1) is 19.1 Å². The molecule has 0 aliphatic carbocycles. The zero-order chi connectivity index (χ0) is 15.3. The minimum absolute atomic E-state index is 0.0407. The Balaban J connectivity index is 3.17. The van der Waals surface area contributed by atoms with Crippen LogP contribution in [0.3, 0.4) is 0 Å². The Morgan fingerprint density at radius 1 is 1.30 bits per heavy atom. The topological polar surface area (TPSA) is 44.8 Å². The first-order valence-electron chi connectivity index (χ1n) is 6.00. The highest BCUT2D eigenvalue weighted by atomic mass is 19.3. The highest BCUT2D eigenvalue weighted by Gasteiger charge is 2.22. The quantitative estimate of drug-likeness (QED) is 0.755. The minimum atomic E-state index is -2.95. The molecule has 0 heterocycles. The maximum absolute atomic E-state index is 12.4. The number of ether oxygens (including phenoxy) is 3. The second-order valence-electron chi connectivity index (χ2n) is 4.67. The van der Waals surface area contributed by atoms with Gasteiger partial charge in [-0.25, -0.2) is 0 Å². The fourth-order valence-electron chi connectivity index (χ4n) is 1.65. The molecule has 0 aliphatic heterocycles. The molecule has 0 bridgehead atoms. The van der Waals surface area contributed by atoms with Gasteiger partial charge in [0.25, 0.3) is 0 Å². The van der Waals surface area contributed by atoms with Crippen molar-refractivity contribution in [1.29, 1.82) is 0 Å². The molecule has 6 heteroatoms. The van der Waals surface area contributed by atoms with Crippen LogP contribution in [0.5, 0.6) is 5.75 Å². The van der Waals surface area contributed by atoms with Crippen molar-refractivity contribution in [3.8, 4) is 5.75 Å². The van der Waals surface area contributed by atoms with E-state index >= 15 is 0 Å². The lowest BCUT2D eigenvalue weighted by Crippen LogP contribution is -2.20. The molecular weight excluding hydrogens is 270 g/mol. The molecule has 1 rings (SSSR count). The summed E-state index contributed by atoms with van der Waals surface area (Å²) < 4.78 is 39.0. The second-order valence-corrected chi connectivity index (χ2v) is 4.67. The van der Waals surface area contributed by atoms with Crippen LogP contribution in [-0.4, -0.2) is 26.8 Å². The lowest BCUT2D eigenvalue weighted by atomic mass is 9.95. The van der Waals surface area contributed by atoms with Gasteiger partial charge in [-0.15, -0.1) is 0 Å². The zero-order valence-electron chi connectivity index (χ0n) is 11.9. The average molecular weight is 288 g/mol. The van der Waals surface area contributed by atoms with E-state index in [1.165, 1.54) is 13.2 Å². The number of methoxy groups -OCH3 is 2. The standard InChI is InChI=1S/C14H18F2O4/c1-14(2,19-4)10-5-6-11(20-13(15)16)9(7-10)8-12(17)18-3/h5-7,13H,8H2,1-4H3. The fourth-order valence-corrected chi connectivity index (χ4v) is 1.65. The summed E-state index contributed by atoms with van der Waals surface area (Å²) in [6.45, 7) is 0.711. The molecular formula is C14H18F2O4. The molecule has 0 amide bonds. The van der Waals surface area contributed by atoms with Gasteiger partial charge in [0, 0.05) is 12.7 Å². The van der Waals surface area contributed by atoms with Crippen molar-refractivity contribution < 1.29 is 27.8 Å². The van der Waals surface area contributed by atoms with E-state index < -0.39 is 18.2 Å². The molecule has 4 nitrogen and oxygen atoms in total. The van der Waals surface area contributed by atoms with Gasteiger partial charge in [0.1, 0.15) is 5.75 Å². The first-order chi connectivity index (χ1) is 9.30. The summed E-state index contributed by atoms with van der Waals surface area (Å²) in [6, 6.07) is 4.64. The fraction of sp³-hybridized carbons (Fsp3) is 0.500. The number of hydrogen-bond donors (Lipinski definition) is 0. The Labute approximate surface area is 116 Å². The van der Waals surface area contributed by atoms with Gasteiger partial charge in [-0.1, -0.05) is 6.07 Å². The second kappa shape index (κ2) is 6.65. The van der Waals surface area contributed by atoms with E-state index in [1.807, 2.05) is 13.8 Å². The highest BCUT2D eigenvalue weighted by Crippen LogP contribution is 2.30. The lowest BCUT2D eigenvalue weighted by Gasteiger charge is -2.24. The van der Waals surface area contributed by atoms with Crippen molar-refractivity contribution >= 4 is 5.97 Å². The van der Waals surface area contributed by atoms with Crippen LogP contribution in [0.4, 0.5) is 8.78 Å². The van der Waals surface area contributed by atoms with Gasteiger partial charge in [0.15, 0.2) is 0 Å². The maximum atomic E-state index is 12.4. The summed E-state index contributed by atoms with van der Waals surface area (Å²) in [5, 5.41) is 0. The van der Waals surface area contributed by atoms with E-state index in [2.05, 4.69) is 9.47 Å². The Morgan fingerprint density at radius 2 is 1.95 bits per heavy atom. The van der Waals surface area contributed by atoms with Crippen molar-refractivity contribution in [3.05, 3.63) is 29.3 Å². The predicted octanol–water partition coefficient (Wildman–Crippen LogP) is 2.89. The predicted molar refractivity (Wildman–Crippen MR) is 68.8 cm³/mol. The van der Waals surface area contributed by atoms with Crippen LogP contribution in [0.15, 0.2) is 18.2 Å². The van der Waals surface area contributed by atoms with Crippen LogP contribution in [-0.2, 0) is 26.3 Å². The summed E-state index contributed by atoms with van der Waals surface area (Å²) in [5.74, 6) is -0.572. The van der Waals surface area contributed by atoms with Crippen molar-refractivity contribution in [3.63, 3.8) is 0 Å². The zero-order valence-corrected chi connectivity index (χ0v) is 11.9. The highest BCUT2D eigenvalue weighted by molar-refractivity contribution is 5.73. The van der Waals surface area contributed by atoms with E-state index in [1.54, 1.807) is 19.2 Å². The summed E-state index contributed by atoms with van der Waals surface area (Å²) in [6.07, 6.45) is -0.147. The van der Waals surface area contributed by atoms with Gasteiger partial charge in [-0.05, 0) is 31.5 Å². The Bertz CT molecular complexity index is 472. The molecule has 0 unspecified atom stereocenters. The number of hydrogen-bond acceptors (Lipinski definition) is 4. The number of halogens is 2. The van der Waals surface area contributed by atoms with Crippen molar-refractivity contribution in [1.82, 2.24) is 0 Å². The Morgan fingerprint density at radius 3 is 2.45 bits per heavy atom. The number of benzene rings is 1. The van der Waals surface area contributed by atoms with E-state index in [0.717, 1.165) is 5.56 Å². The van der Waals surface area contributed by atoms with E-state index in [-0.39, 0.29) is 12.2 Å². The van der Waals surface area contributed by atoms with Crippen LogP contribution in [0.25, 0.3) is 0 Å². The summed E-state index contributed by atoms with van der Waals surface area (Å²) in [7, 11) is 2.78. The molecule has 0 radical (unpaired) electrons. The molecule has 1 aromatic carbocycles. The van der Waals surface area contributed by atoms with E-state index in [9.17, 15) is 13.6 Å². The summed E-state index contributed by atoms with van der Waals surface area (Å²) in [5.41, 5.74) is 0.481. The molecule has 0 saturated heterocycles. The smallest absolute Gasteiger partial charge is 0.387 e. The number of carbonyl (C=O) groups excluding carboxylic acids is 1. The molecule has 0 fully saturated rings. The average Bonchev–Trinajstić information content (AvgIpc) is 2.39. The number of carbonyl (C=O) groups is 1. The normalized spacial score (nSPS) is 11.6. The first kappa shape index (κ1) is 16.4. The van der Waals surface area contributed by atoms with Crippen molar-refractivity contribution in [2.24, 2.45) is 0 Å². The van der Waals surface area contributed by atoms with Gasteiger partial charge >= 0.3 is 12.6 Å². The van der Waals surface area contributed by atoms with E-state index in [4.69, 9.17) is 4.74 Å². The summed E-state index contributed by atoms with van der Waals surface area (Å²) >= 11 is 0. The molecule has 0 N–H and O–H groups in total.